The summed E-state index contributed by atoms with van der Waals surface area (Å²) in [5.74, 6) is -1.19. The van der Waals surface area contributed by atoms with E-state index in [1.807, 2.05) is 38.1 Å². The molecule has 182 valence electrons. The molecule has 1 fully saturated rings. The SMILES string of the molecule is CC(C)C(NC(=O)c1ccc(Cl)cc1)C(=O)N(C)CC(=O)Nc1ccc(N2CCOCC2)cc1. The second-order valence-corrected chi connectivity index (χ2v) is 9.03. The van der Waals surface area contributed by atoms with Gasteiger partial charge < -0.3 is 25.2 Å². The lowest BCUT2D eigenvalue weighted by Crippen LogP contribution is -2.51. The molecule has 2 N–H and O–H groups in total. The van der Waals surface area contributed by atoms with Gasteiger partial charge in [-0.1, -0.05) is 25.4 Å². The molecule has 3 rings (SSSR count). The van der Waals surface area contributed by atoms with Gasteiger partial charge in [-0.3, -0.25) is 14.4 Å². The van der Waals surface area contributed by atoms with Gasteiger partial charge in [-0.25, -0.2) is 0 Å². The van der Waals surface area contributed by atoms with Crippen LogP contribution in [0.1, 0.15) is 24.2 Å². The standard InChI is InChI=1S/C25H31ClN4O4/c1-17(2)23(28-24(32)18-4-6-19(26)7-5-18)25(33)29(3)16-22(31)27-20-8-10-21(11-9-20)30-12-14-34-15-13-30/h4-11,17,23H,12-16H2,1-3H3,(H,27,31)(H,28,32). The quantitative estimate of drug-likeness (QED) is 0.598. The molecule has 8 nitrogen and oxygen atoms in total. The van der Waals surface area contributed by atoms with E-state index in [-0.39, 0.29) is 30.2 Å². The summed E-state index contributed by atoms with van der Waals surface area (Å²) in [5.41, 5.74) is 2.13. The molecule has 9 heteroatoms. The number of hydrogen-bond donors (Lipinski definition) is 2. The van der Waals surface area contributed by atoms with Crippen LogP contribution in [0.25, 0.3) is 0 Å². The topological polar surface area (TPSA) is 91.0 Å². The van der Waals surface area contributed by atoms with E-state index in [2.05, 4.69) is 15.5 Å². The highest BCUT2D eigenvalue weighted by Gasteiger charge is 2.28. The Labute approximate surface area is 205 Å². The highest BCUT2D eigenvalue weighted by molar-refractivity contribution is 6.30. The predicted octanol–water partition coefficient (Wildman–Crippen LogP) is 3.03. The van der Waals surface area contributed by atoms with Crippen molar-refractivity contribution < 1.29 is 19.1 Å². The van der Waals surface area contributed by atoms with Gasteiger partial charge in [-0.15, -0.1) is 0 Å². The minimum absolute atomic E-state index is 0.135. The molecule has 1 unspecified atom stereocenters. The Morgan fingerprint density at radius 2 is 1.65 bits per heavy atom. The average molecular weight is 487 g/mol. The van der Waals surface area contributed by atoms with E-state index >= 15 is 0 Å². The number of nitrogens with one attached hydrogen (secondary N) is 2. The molecule has 0 radical (unpaired) electrons. The van der Waals surface area contributed by atoms with Gasteiger partial charge in [0.05, 0.1) is 19.8 Å². The van der Waals surface area contributed by atoms with E-state index in [0.717, 1.165) is 18.8 Å². The molecule has 0 aromatic heterocycles. The van der Waals surface area contributed by atoms with E-state index in [4.69, 9.17) is 16.3 Å². The first kappa shape index (κ1) is 25.5. The predicted molar refractivity (Wildman–Crippen MR) is 133 cm³/mol. The van der Waals surface area contributed by atoms with Crippen molar-refractivity contribution in [2.75, 3.05) is 50.1 Å². The summed E-state index contributed by atoms with van der Waals surface area (Å²) in [7, 11) is 1.55. The summed E-state index contributed by atoms with van der Waals surface area (Å²) in [6.07, 6.45) is 0. The van der Waals surface area contributed by atoms with Crippen molar-refractivity contribution in [3.63, 3.8) is 0 Å². The van der Waals surface area contributed by atoms with Crippen LogP contribution in [-0.2, 0) is 14.3 Å². The largest absolute Gasteiger partial charge is 0.378 e. The van der Waals surface area contributed by atoms with Crippen molar-refractivity contribution in [1.29, 1.82) is 0 Å². The summed E-state index contributed by atoms with van der Waals surface area (Å²) < 4.78 is 5.37. The fraction of sp³-hybridized carbons (Fsp3) is 0.400. The monoisotopic (exact) mass is 486 g/mol. The number of morpholine rings is 1. The van der Waals surface area contributed by atoms with Gasteiger partial charge in [-0.2, -0.15) is 0 Å². The van der Waals surface area contributed by atoms with Gasteiger partial charge in [0.2, 0.25) is 11.8 Å². The number of halogens is 1. The number of ether oxygens (including phenoxy) is 1. The number of nitrogens with zero attached hydrogens (tertiary/aromatic N) is 2. The molecule has 1 atom stereocenters. The number of amides is 3. The van der Waals surface area contributed by atoms with Gasteiger partial charge in [-0.05, 0) is 54.4 Å². The molecule has 34 heavy (non-hydrogen) atoms. The maximum atomic E-state index is 13.0. The highest BCUT2D eigenvalue weighted by atomic mass is 35.5. The van der Waals surface area contributed by atoms with Crippen LogP contribution in [0.15, 0.2) is 48.5 Å². The van der Waals surface area contributed by atoms with Gasteiger partial charge >= 0.3 is 0 Å². The van der Waals surface area contributed by atoms with Crippen molar-refractivity contribution in [3.05, 3.63) is 59.1 Å². The van der Waals surface area contributed by atoms with Crippen LogP contribution in [0.3, 0.4) is 0 Å². The van der Waals surface area contributed by atoms with Crippen LogP contribution >= 0.6 is 11.6 Å². The normalized spacial score (nSPS) is 14.4. The number of rotatable bonds is 8. The molecule has 1 aliphatic heterocycles. The van der Waals surface area contributed by atoms with E-state index < -0.39 is 6.04 Å². The maximum Gasteiger partial charge on any atom is 0.251 e. The van der Waals surface area contributed by atoms with Crippen LogP contribution in [0, 0.1) is 5.92 Å². The lowest BCUT2D eigenvalue weighted by Gasteiger charge is -2.29. The zero-order valence-electron chi connectivity index (χ0n) is 19.7. The molecule has 0 spiro atoms. The lowest BCUT2D eigenvalue weighted by molar-refractivity contribution is -0.135. The van der Waals surface area contributed by atoms with Crippen LogP contribution in [0.4, 0.5) is 11.4 Å². The Kier molecular flexibility index (Phi) is 8.90. The van der Waals surface area contributed by atoms with Gasteiger partial charge in [0.15, 0.2) is 0 Å². The zero-order chi connectivity index (χ0) is 24.7. The van der Waals surface area contributed by atoms with Gasteiger partial charge in [0.1, 0.15) is 6.04 Å². The zero-order valence-corrected chi connectivity index (χ0v) is 20.5. The maximum absolute atomic E-state index is 13.0. The number of hydrogen-bond acceptors (Lipinski definition) is 5. The Morgan fingerprint density at radius 3 is 2.24 bits per heavy atom. The summed E-state index contributed by atoms with van der Waals surface area (Å²) >= 11 is 5.88. The minimum Gasteiger partial charge on any atom is -0.378 e. The first-order valence-electron chi connectivity index (χ1n) is 11.3. The smallest absolute Gasteiger partial charge is 0.251 e. The number of carbonyl (C=O) groups excluding carboxylic acids is 3. The minimum atomic E-state index is -0.770. The summed E-state index contributed by atoms with van der Waals surface area (Å²) in [5, 5.41) is 6.12. The molecule has 1 heterocycles. The Morgan fingerprint density at radius 1 is 1.03 bits per heavy atom. The Bertz CT molecular complexity index is 989. The molecule has 1 saturated heterocycles. The molecule has 3 amide bonds. The first-order chi connectivity index (χ1) is 16.2. The molecular formula is C25H31ClN4O4. The van der Waals surface area contributed by atoms with Crippen LogP contribution < -0.4 is 15.5 Å². The van der Waals surface area contributed by atoms with Gasteiger partial charge in [0.25, 0.3) is 5.91 Å². The highest BCUT2D eigenvalue weighted by Crippen LogP contribution is 2.19. The van der Waals surface area contributed by atoms with Crippen molar-refractivity contribution in [3.8, 4) is 0 Å². The fourth-order valence-electron chi connectivity index (χ4n) is 3.65. The number of carbonyl (C=O) groups is 3. The summed E-state index contributed by atoms with van der Waals surface area (Å²) in [4.78, 5) is 41.7. The van der Waals surface area contributed by atoms with E-state index in [1.54, 1.807) is 31.3 Å². The third kappa shape index (κ3) is 6.95. The van der Waals surface area contributed by atoms with Crippen molar-refractivity contribution >= 4 is 40.7 Å². The summed E-state index contributed by atoms with van der Waals surface area (Å²) in [6.45, 7) is 6.63. The van der Waals surface area contributed by atoms with Crippen LogP contribution in [0.5, 0.6) is 0 Å². The van der Waals surface area contributed by atoms with Crippen molar-refractivity contribution in [1.82, 2.24) is 10.2 Å². The van der Waals surface area contributed by atoms with E-state index in [1.165, 1.54) is 4.90 Å². The lowest BCUT2D eigenvalue weighted by atomic mass is 10.0. The molecule has 1 aliphatic rings. The van der Waals surface area contributed by atoms with E-state index in [9.17, 15) is 14.4 Å². The molecule has 0 aliphatic carbocycles. The molecule has 2 aromatic rings. The molecule has 0 bridgehead atoms. The molecule has 2 aromatic carbocycles. The second kappa shape index (κ2) is 11.9. The second-order valence-electron chi connectivity index (χ2n) is 8.59. The van der Waals surface area contributed by atoms with Crippen molar-refractivity contribution in [2.24, 2.45) is 5.92 Å². The van der Waals surface area contributed by atoms with Crippen LogP contribution in [-0.4, -0.2) is 68.6 Å². The van der Waals surface area contributed by atoms with Gasteiger partial charge in [0, 0.05) is 42.1 Å². The summed E-state index contributed by atoms with van der Waals surface area (Å²) in [6, 6.07) is 13.3. The number of anilines is 2. The number of likely N-dealkylation sites (N-methyl/N-ethyl adjacent to an activating group) is 1. The fourth-order valence-corrected chi connectivity index (χ4v) is 3.77. The van der Waals surface area contributed by atoms with Crippen molar-refractivity contribution in [2.45, 2.75) is 19.9 Å². The Hall–Kier alpha value is -3.10. The van der Waals surface area contributed by atoms with E-state index in [0.29, 0.717) is 29.5 Å². The third-order valence-corrected chi connectivity index (χ3v) is 5.86. The third-order valence-electron chi connectivity index (χ3n) is 5.61. The molecular weight excluding hydrogens is 456 g/mol. The Balaban J connectivity index is 1.55. The molecule has 0 saturated carbocycles. The van der Waals surface area contributed by atoms with Crippen LogP contribution in [0.2, 0.25) is 5.02 Å². The first-order valence-corrected chi connectivity index (χ1v) is 11.7. The number of benzene rings is 2. The average Bonchev–Trinajstić information content (AvgIpc) is 2.83.